The first-order valence-electron chi connectivity index (χ1n) is 6.68. The Balaban J connectivity index is 2.07. The highest BCUT2D eigenvalue weighted by molar-refractivity contribution is 5.69. The molecule has 3 N–H and O–H groups in total. The zero-order chi connectivity index (χ0) is 13.6. The van der Waals surface area contributed by atoms with E-state index in [4.69, 9.17) is 10.5 Å². The molecule has 2 rings (SSSR count). The van der Waals surface area contributed by atoms with Crippen molar-refractivity contribution < 1.29 is 14.6 Å². The van der Waals surface area contributed by atoms with E-state index in [1.807, 2.05) is 25.7 Å². The number of aliphatic hydroxyl groups is 1. The van der Waals surface area contributed by atoms with Crippen LogP contribution in [0, 0.1) is 0 Å². The molecule has 2 heterocycles. The van der Waals surface area contributed by atoms with Gasteiger partial charge in [-0.2, -0.15) is 0 Å². The number of piperidine rings is 1. The van der Waals surface area contributed by atoms with Crippen LogP contribution in [0.15, 0.2) is 0 Å². The zero-order valence-electron chi connectivity index (χ0n) is 11.5. The lowest BCUT2D eigenvalue weighted by atomic mass is 9.86. The van der Waals surface area contributed by atoms with Crippen LogP contribution in [0.25, 0.3) is 0 Å². The van der Waals surface area contributed by atoms with E-state index in [0.717, 1.165) is 12.8 Å². The molecule has 2 atom stereocenters. The Kier molecular flexibility index (Phi) is 3.32. The summed E-state index contributed by atoms with van der Waals surface area (Å²) < 4.78 is 5.43. The van der Waals surface area contributed by atoms with Crippen molar-refractivity contribution in [2.45, 2.75) is 69.7 Å². The fourth-order valence-electron chi connectivity index (χ4n) is 3.10. The minimum Gasteiger partial charge on any atom is -0.444 e. The molecule has 2 aliphatic heterocycles. The van der Waals surface area contributed by atoms with Crippen molar-refractivity contribution in [3.8, 4) is 0 Å². The van der Waals surface area contributed by atoms with Gasteiger partial charge >= 0.3 is 6.09 Å². The third kappa shape index (κ3) is 2.62. The Morgan fingerprint density at radius 3 is 2.28 bits per heavy atom. The molecule has 18 heavy (non-hydrogen) atoms. The first-order valence-corrected chi connectivity index (χ1v) is 6.68. The summed E-state index contributed by atoms with van der Waals surface area (Å²) in [5, 5.41) is 10.3. The summed E-state index contributed by atoms with van der Waals surface area (Å²) in [4.78, 5) is 14.0. The third-order valence-corrected chi connectivity index (χ3v) is 3.84. The van der Waals surface area contributed by atoms with Gasteiger partial charge in [-0.1, -0.05) is 0 Å². The number of amides is 1. The molecular weight excluding hydrogens is 232 g/mol. The van der Waals surface area contributed by atoms with Crippen molar-refractivity contribution in [2.24, 2.45) is 5.73 Å². The van der Waals surface area contributed by atoms with Crippen molar-refractivity contribution in [1.29, 1.82) is 0 Å². The highest BCUT2D eigenvalue weighted by Gasteiger charge is 2.49. The highest BCUT2D eigenvalue weighted by Crippen LogP contribution is 2.41. The van der Waals surface area contributed by atoms with Gasteiger partial charge in [0.2, 0.25) is 0 Å². The molecule has 2 fully saturated rings. The fourth-order valence-corrected chi connectivity index (χ4v) is 3.10. The van der Waals surface area contributed by atoms with Gasteiger partial charge in [-0.15, -0.1) is 0 Å². The number of nitrogens with zero attached hydrogens (tertiary/aromatic N) is 1. The molecule has 5 heteroatoms. The van der Waals surface area contributed by atoms with E-state index in [9.17, 15) is 9.90 Å². The second kappa shape index (κ2) is 4.38. The average molecular weight is 256 g/mol. The number of rotatable bonds is 1. The average Bonchev–Trinajstić information content (AvgIpc) is 2.50. The second-order valence-electron chi connectivity index (χ2n) is 6.61. The molecule has 5 nitrogen and oxygen atoms in total. The lowest BCUT2D eigenvalue weighted by Crippen LogP contribution is -2.56. The topological polar surface area (TPSA) is 75.8 Å². The summed E-state index contributed by atoms with van der Waals surface area (Å²) >= 11 is 0. The predicted octanol–water partition coefficient (Wildman–Crippen LogP) is 1.24. The van der Waals surface area contributed by atoms with Gasteiger partial charge in [0.1, 0.15) is 5.60 Å². The Hall–Kier alpha value is -0.810. The quantitative estimate of drug-likeness (QED) is 0.740. The van der Waals surface area contributed by atoms with Crippen LogP contribution in [0.1, 0.15) is 46.5 Å². The molecule has 0 aromatic carbocycles. The SMILES string of the molecule is CC(C)(C)OC(=O)N1[C@H]2CC[C@H]1CC(O)(CN)C2. The third-order valence-electron chi connectivity index (χ3n) is 3.84. The number of nitrogens with two attached hydrogens (primary N) is 1. The van der Waals surface area contributed by atoms with Gasteiger partial charge in [0.05, 0.1) is 5.60 Å². The maximum Gasteiger partial charge on any atom is 0.410 e. The Morgan fingerprint density at radius 1 is 1.39 bits per heavy atom. The van der Waals surface area contributed by atoms with Gasteiger partial charge in [0.25, 0.3) is 0 Å². The molecule has 104 valence electrons. The lowest BCUT2D eigenvalue weighted by Gasteiger charge is -2.43. The van der Waals surface area contributed by atoms with Crippen molar-refractivity contribution in [3.63, 3.8) is 0 Å². The summed E-state index contributed by atoms with van der Waals surface area (Å²) in [5.41, 5.74) is 4.35. The van der Waals surface area contributed by atoms with Crippen LogP contribution in [0.3, 0.4) is 0 Å². The zero-order valence-corrected chi connectivity index (χ0v) is 11.5. The monoisotopic (exact) mass is 256 g/mol. The van der Waals surface area contributed by atoms with E-state index in [1.54, 1.807) is 0 Å². The largest absolute Gasteiger partial charge is 0.444 e. The van der Waals surface area contributed by atoms with Crippen LogP contribution in [0.5, 0.6) is 0 Å². The smallest absolute Gasteiger partial charge is 0.410 e. The lowest BCUT2D eigenvalue weighted by molar-refractivity contribution is -0.0532. The summed E-state index contributed by atoms with van der Waals surface area (Å²) in [6.45, 7) is 5.87. The number of hydrogen-bond donors (Lipinski definition) is 2. The van der Waals surface area contributed by atoms with E-state index in [0.29, 0.717) is 12.8 Å². The summed E-state index contributed by atoms with van der Waals surface area (Å²) in [6, 6.07) is 0.152. The molecule has 0 spiro atoms. The normalized spacial score (nSPS) is 35.7. The maximum atomic E-state index is 12.2. The first kappa shape index (κ1) is 13.6. The van der Waals surface area contributed by atoms with Crippen LogP contribution in [0.4, 0.5) is 4.79 Å². The van der Waals surface area contributed by atoms with Gasteiger partial charge in [-0.3, -0.25) is 0 Å². The standard InChI is InChI=1S/C13H24N2O3/c1-12(2,3)18-11(16)15-9-4-5-10(15)7-13(17,6-9)8-14/h9-10,17H,4-8,14H2,1-3H3/t9-,10-/m0/s1. The predicted molar refractivity (Wildman–Crippen MR) is 68.1 cm³/mol. The van der Waals surface area contributed by atoms with Crippen LogP contribution in [-0.4, -0.2) is 45.9 Å². The molecule has 0 aromatic heterocycles. The van der Waals surface area contributed by atoms with Crippen molar-refractivity contribution in [1.82, 2.24) is 4.90 Å². The molecule has 0 radical (unpaired) electrons. The van der Waals surface area contributed by atoms with Crippen molar-refractivity contribution in [3.05, 3.63) is 0 Å². The van der Waals surface area contributed by atoms with Crippen LogP contribution in [0.2, 0.25) is 0 Å². The molecule has 0 unspecified atom stereocenters. The molecule has 2 bridgehead atoms. The minimum absolute atomic E-state index is 0.0761. The summed E-state index contributed by atoms with van der Waals surface area (Å²) in [6.07, 6.45) is 2.76. The number of fused-ring (bicyclic) bond motifs is 2. The van der Waals surface area contributed by atoms with Gasteiger partial charge in [0, 0.05) is 18.6 Å². The Bertz CT molecular complexity index is 324. The number of ether oxygens (including phenoxy) is 1. The molecule has 0 aliphatic carbocycles. The number of carbonyl (C=O) groups is 1. The van der Waals surface area contributed by atoms with Crippen LogP contribution in [-0.2, 0) is 4.74 Å². The van der Waals surface area contributed by atoms with Crippen molar-refractivity contribution in [2.75, 3.05) is 6.54 Å². The molecular formula is C13H24N2O3. The molecule has 1 amide bonds. The molecule has 2 aliphatic rings. The van der Waals surface area contributed by atoms with E-state index < -0.39 is 11.2 Å². The highest BCUT2D eigenvalue weighted by atomic mass is 16.6. The van der Waals surface area contributed by atoms with E-state index >= 15 is 0 Å². The van der Waals surface area contributed by atoms with E-state index in [2.05, 4.69) is 0 Å². The van der Waals surface area contributed by atoms with Crippen LogP contribution >= 0.6 is 0 Å². The molecule has 2 saturated heterocycles. The van der Waals surface area contributed by atoms with Gasteiger partial charge in [-0.25, -0.2) is 4.79 Å². The van der Waals surface area contributed by atoms with Gasteiger partial charge in [-0.05, 0) is 46.5 Å². The molecule has 0 saturated carbocycles. The molecule has 0 aromatic rings. The minimum atomic E-state index is -0.801. The number of carbonyl (C=O) groups excluding carboxylic acids is 1. The Morgan fingerprint density at radius 2 is 1.89 bits per heavy atom. The Labute approximate surface area is 108 Å². The fraction of sp³-hybridized carbons (Fsp3) is 0.923. The van der Waals surface area contributed by atoms with Gasteiger partial charge in [0.15, 0.2) is 0 Å². The summed E-state index contributed by atoms with van der Waals surface area (Å²) in [7, 11) is 0. The number of hydrogen-bond acceptors (Lipinski definition) is 4. The van der Waals surface area contributed by atoms with Crippen LogP contribution < -0.4 is 5.73 Å². The summed E-state index contributed by atoms with van der Waals surface area (Å²) in [5.74, 6) is 0. The second-order valence-corrected chi connectivity index (χ2v) is 6.61. The first-order chi connectivity index (χ1) is 8.24. The van der Waals surface area contributed by atoms with E-state index in [-0.39, 0.29) is 24.7 Å². The van der Waals surface area contributed by atoms with Gasteiger partial charge < -0.3 is 20.5 Å². The van der Waals surface area contributed by atoms with Crippen molar-refractivity contribution >= 4 is 6.09 Å². The van der Waals surface area contributed by atoms with E-state index in [1.165, 1.54) is 0 Å². The maximum absolute atomic E-state index is 12.2.